The Balaban J connectivity index is 1.99. The van der Waals surface area contributed by atoms with Crippen molar-refractivity contribution in [2.75, 3.05) is 6.54 Å². The van der Waals surface area contributed by atoms with Gasteiger partial charge in [0.15, 0.2) is 0 Å². The van der Waals surface area contributed by atoms with Gasteiger partial charge in [-0.3, -0.25) is 9.59 Å². The Labute approximate surface area is 156 Å². The van der Waals surface area contributed by atoms with Crippen LogP contribution < -0.4 is 21.1 Å². The molecule has 0 unspecified atom stereocenters. The Hall–Kier alpha value is -2.66. The van der Waals surface area contributed by atoms with Gasteiger partial charge in [0, 0.05) is 17.6 Å². The maximum Gasteiger partial charge on any atom is 0.405 e. The summed E-state index contributed by atoms with van der Waals surface area (Å²) >= 11 is 0. The molecule has 148 valence electrons. The van der Waals surface area contributed by atoms with E-state index in [4.69, 9.17) is 10.2 Å². The van der Waals surface area contributed by atoms with Gasteiger partial charge in [-0.25, -0.2) is 18.4 Å². The zero-order chi connectivity index (χ0) is 20.0. The van der Waals surface area contributed by atoms with E-state index < -0.39 is 27.9 Å². The summed E-state index contributed by atoms with van der Waals surface area (Å²) in [6.45, 7) is -0.360. The van der Waals surface area contributed by atoms with E-state index in [2.05, 4.69) is 10.6 Å². The highest BCUT2D eigenvalue weighted by molar-refractivity contribution is 7.89. The lowest BCUT2D eigenvalue weighted by molar-refractivity contribution is -0.121. The molecule has 27 heavy (non-hydrogen) atoms. The molecular formula is C16H22N4O6S. The molecule has 0 aromatic heterocycles. The highest BCUT2D eigenvalue weighted by Gasteiger charge is 2.28. The molecule has 0 aliphatic heterocycles. The summed E-state index contributed by atoms with van der Waals surface area (Å²) in [5, 5.41) is 21.1. The molecule has 6 N–H and O–H groups in total. The second-order valence-electron chi connectivity index (χ2n) is 6.27. The fourth-order valence-electron chi connectivity index (χ4n) is 2.94. The summed E-state index contributed by atoms with van der Waals surface area (Å²) in [7, 11) is -3.83. The number of amides is 3. The van der Waals surface area contributed by atoms with Crippen LogP contribution in [-0.4, -0.2) is 50.1 Å². The smallest absolute Gasteiger partial charge is 0.405 e. The minimum atomic E-state index is -3.83. The van der Waals surface area contributed by atoms with Crippen LogP contribution in [0.25, 0.3) is 0 Å². The van der Waals surface area contributed by atoms with E-state index in [1.165, 1.54) is 24.3 Å². The first-order valence-corrected chi connectivity index (χ1v) is 9.91. The molecule has 0 radical (unpaired) electrons. The van der Waals surface area contributed by atoms with Crippen molar-refractivity contribution in [3.63, 3.8) is 0 Å². The van der Waals surface area contributed by atoms with Gasteiger partial charge in [0.2, 0.25) is 15.9 Å². The fraction of sp³-hybridized carbons (Fsp3) is 0.438. The number of hydrogen-bond acceptors (Lipinski definition) is 5. The number of rotatable bonds is 6. The molecule has 3 amide bonds. The molecule has 1 aromatic carbocycles. The van der Waals surface area contributed by atoms with Gasteiger partial charge in [0.1, 0.15) is 0 Å². The van der Waals surface area contributed by atoms with Gasteiger partial charge in [-0.05, 0) is 37.1 Å². The normalized spacial score (nSPS) is 19.7. The summed E-state index contributed by atoms with van der Waals surface area (Å²) in [5.41, 5.74) is 0.269. The largest absolute Gasteiger partial charge is 0.465 e. The molecule has 1 aliphatic carbocycles. The molecule has 0 spiro atoms. The summed E-state index contributed by atoms with van der Waals surface area (Å²) in [4.78, 5) is 34.6. The second kappa shape index (κ2) is 8.82. The molecular weight excluding hydrogens is 376 g/mol. The molecule has 1 fully saturated rings. The summed E-state index contributed by atoms with van der Waals surface area (Å²) in [5.74, 6) is -0.869. The van der Waals surface area contributed by atoms with Crippen LogP contribution in [0.4, 0.5) is 4.79 Å². The third-order valence-electron chi connectivity index (χ3n) is 4.27. The molecule has 1 aliphatic rings. The van der Waals surface area contributed by atoms with Crippen molar-refractivity contribution in [1.29, 1.82) is 0 Å². The van der Waals surface area contributed by atoms with Crippen LogP contribution in [-0.2, 0) is 14.8 Å². The zero-order valence-electron chi connectivity index (χ0n) is 14.5. The molecule has 0 bridgehead atoms. The fourth-order valence-corrected chi connectivity index (χ4v) is 3.45. The van der Waals surface area contributed by atoms with Gasteiger partial charge >= 0.3 is 6.09 Å². The summed E-state index contributed by atoms with van der Waals surface area (Å²) in [6.07, 6.45) is 1.80. The number of carboxylic acid groups (broad SMARTS) is 1. The number of hydrogen-bond donors (Lipinski definition) is 5. The number of carbonyl (C=O) groups is 3. The predicted molar refractivity (Wildman–Crippen MR) is 95.5 cm³/mol. The predicted octanol–water partition coefficient (Wildman–Crippen LogP) is -0.241. The lowest BCUT2D eigenvalue weighted by Gasteiger charge is -2.32. The van der Waals surface area contributed by atoms with Gasteiger partial charge in [-0.2, -0.15) is 0 Å². The van der Waals surface area contributed by atoms with Gasteiger partial charge in [0.25, 0.3) is 5.91 Å². The van der Waals surface area contributed by atoms with E-state index in [0.29, 0.717) is 12.8 Å². The molecule has 2 rings (SSSR count). The van der Waals surface area contributed by atoms with Crippen LogP contribution in [0.5, 0.6) is 0 Å². The van der Waals surface area contributed by atoms with Crippen LogP contribution in [0.3, 0.4) is 0 Å². The molecule has 0 saturated heterocycles. The van der Waals surface area contributed by atoms with E-state index in [-0.39, 0.29) is 29.1 Å². The molecule has 10 nitrogen and oxygen atoms in total. The van der Waals surface area contributed by atoms with Crippen molar-refractivity contribution in [1.82, 2.24) is 16.0 Å². The van der Waals surface area contributed by atoms with Crippen molar-refractivity contribution < 1.29 is 27.9 Å². The SMILES string of the molecule is NS(=O)(=O)c1ccc(C(=O)N[C@H]2CCCC[C@H]2NC(=O)CNC(=O)O)cc1. The maximum absolute atomic E-state index is 12.4. The van der Waals surface area contributed by atoms with Crippen LogP contribution >= 0.6 is 0 Å². The number of carbonyl (C=O) groups excluding carboxylic acids is 2. The summed E-state index contributed by atoms with van der Waals surface area (Å²) in [6, 6.07) is 4.61. The van der Waals surface area contributed by atoms with Crippen molar-refractivity contribution in [3.05, 3.63) is 29.8 Å². The zero-order valence-corrected chi connectivity index (χ0v) is 15.3. The molecule has 0 heterocycles. The lowest BCUT2D eigenvalue weighted by atomic mass is 9.90. The van der Waals surface area contributed by atoms with Crippen LogP contribution in [0.2, 0.25) is 0 Å². The van der Waals surface area contributed by atoms with Gasteiger partial charge in [0.05, 0.1) is 11.4 Å². The van der Waals surface area contributed by atoms with E-state index in [9.17, 15) is 22.8 Å². The average molecular weight is 398 g/mol. The lowest BCUT2D eigenvalue weighted by Crippen LogP contribution is -2.54. The van der Waals surface area contributed by atoms with E-state index in [1.54, 1.807) is 0 Å². The van der Waals surface area contributed by atoms with E-state index in [0.717, 1.165) is 12.8 Å². The molecule has 1 saturated carbocycles. The maximum atomic E-state index is 12.4. The first-order chi connectivity index (χ1) is 12.7. The van der Waals surface area contributed by atoms with Gasteiger partial charge in [-0.15, -0.1) is 0 Å². The number of nitrogens with one attached hydrogen (secondary N) is 3. The highest BCUT2D eigenvalue weighted by Crippen LogP contribution is 2.19. The molecule has 1 aromatic rings. The van der Waals surface area contributed by atoms with Crippen molar-refractivity contribution in [3.8, 4) is 0 Å². The monoisotopic (exact) mass is 398 g/mol. The van der Waals surface area contributed by atoms with E-state index >= 15 is 0 Å². The average Bonchev–Trinajstić information content (AvgIpc) is 2.61. The minimum absolute atomic E-state index is 0.0900. The number of sulfonamides is 1. The third-order valence-corrected chi connectivity index (χ3v) is 5.20. The van der Waals surface area contributed by atoms with Crippen molar-refractivity contribution in [2.45, 2.75) is 42.7 Å². The highest BCUT2D eigenvalue weighted by atomic mass is 32.2. The minimum Gasteiger partial charge on any atom is -0.465 e. The first kappa shape index (κ1) is 20.6. The van der Waals surface area contributed by atoms with Gasteiger partial charge in [-0.1, -0.05) is 12.8 Å². The number of benzene rings is 1. The van der Waals surface area contributed by atoms with Crippen molar-refractivity contribution in [2.24, 2.45) is 5.14 Å². The van der Waals surface area contributed by atoms with Gasteiger partial charge < -0.3 is 21.1 Å². The van der Waals surface area contributed by atoms with Crippen LogP contribution in [0.15, 0.2) is 29.2 Å². The number of primary sulfonamides is 1. The first-order valence-electron chi connectivity index (χ1n) is 8.36. The quantitative estimate of drug-likeness (QED) is 0.443. The second-order valence-corrected chi connectivity index (χ2v) is 7.83. The Bertz CT molecular complexity index is 809. The van der Waals surface area contributed by atoms with Crippen LogP contribution in [0, 0.1) is 0 Å². The third kappa shape index (κ3) is 6.22. The Morgan fingerprint density at radius 2 is 1.59 bits per heavy atom. The topological polar surface area (TPSA) is 168 Å². The Morgan fingerprint density at radius 3 is 2.11 bits per heavy atom. The molecule has 2 atom stereocenters. The van der Waals surface area contributed by atoms with Crippen LogP contribution in [0.1, 0.15) is 36.0 Å². The molecule has 11 heteroatoms. The van der Waals surface area contributed by atoms with Crippen molar-refractivity contribution >= 4 is 27.9 Å². The number of nitrogens with two attached hydrogens (primary N) is 1. The standard InChI is InChI=1S/C16H22N4O6S/c17-27(25,26)11-7-5-10(6-8-11)15(22)20-13-4-2-1-3-12(13)19-14(21)9-18-16(23)24/h5-8,12-13,18H,1-4,9H2,(H,19,21)(H,20,22)(H,23,24)(H2,17,25,26)/t12-,13+/m1/s1. The summed E-state index contributed by atoms with van der Waals surface area (Å²) < 4.78 is 22.5. The van der Waals surface area contributed by atoms with E-state index in [1.807, 2.05) is 5.32 Å². The Morgan fingerprint density at radius 1 is 1.04 bits per heavy atom. The Kier molecular flexibility index (Phi) is 6.75.